The van der Waals surface area contributed by atoms with Gasteiger partial charge in [0.1, 0.15) is 0 Å². The molecule has 17 heavy (non-hydrogen) atoms. The average molecular weight is 332 g/mol. The van der Waals surface area contributed by atoms with Gasteiger partial charge in [0.15, 0.2) is 0 Å². The first-order valence-corrected chi connectivity index (χ1v) is 7.88. The fraction of sp³-hybridized carbons (Fsp3) is 0. The van der Waals surface area contributed by atoms with Crippen LogP contribution in [0.5, 0.6) is 0 Å². The minimum absolute atomic E-state index is 0.0886. The van der Waals surface area contributed by atoms with Crippen LogP contribution in [0.2, 0.25) is 0 Å². The summed E-state index contributed by atoms with van der Waals surface area (Å²) in [5.41, 5.74) is 1.94. The second kappa shape index (κ2) is 4.80. The second-order valence-corrected chi connectivity index (χ2v) is 6.87. The van der Waals surface area contributed by atoms with E-state index in [0.29, 0.717) is 4.47 Å². The summed E-state index contributed by atoms with van der Waals surface area (Å²) < 4.78 is 23.1. The highest BCUT2D eigenvalue weighted by molar-refractivity contribution is 9.10. The molecule has 2 rings (SSSR count). The number of hydrogen-bond acceptors (Lipinski definition) is 2. The zero-order chi connectivity index (χ0) is 12.5. The van der Waals surface area contributed by atoms with Crippen molar-refractivity contribution in [3.63, 3.8) is 0 Å². The number of halogens is 2. The molecule has 0 saturated carbocycles. The molecule has 0 amide bonds. The molecule has 2 nitrogen and oxygen atoms in total. The summed E-state index contributed by atoms with van der Waals surface area (Å²) in [7, 11) is 1.60. The van der Waals surface area contributed by atoms with E-state index in [4.69, 9.17) is 10.7 Å². The molecule has 0 bridgehead atoms. The third-order valence-electron chi connectivity index (χ3n) is 2.31. The largest absolute Gasteiger partial charge is 0.261 e. The molecule has 2 aromatic carbocycles. The average Bonchev–Trinajstić information content (AvgIpc) is 2.29. The van der Waals surface area contributed by atoms with E-state index in [1.54, 1.807) is 6.07 Å². The van der Waals surface area contributed by atoms with Gasteiger partial charge in [0.25, 0.3) is 9.05 Å². The summed E-state index contributed by atoms with van der Waals surface area (Å²) in [5.74, 6) is 0. The van der Waals surface area contributed by atoms with Gasteiger partial charge in [0.2, 0.25) is 0 Å². The van der Waals surface area contributed by atoms with Crippen LogP contribution in [-0.2, 0) is 9.05 Å². The van der Waals surface area contributed by atoms with E-state index >= 15 is 0 Å². The molecule has 0 fully saturated rings. The number of benzene rings is 2. The maximum Gasteiger partial charge on any atom is 0.261 e. The zero-order valence-corrected chi connectivity index (χ0v) is 11.8. The predicted molar refractivity (Wildman–Crippen MR) is 72.6 cm³/mol. The molecule has 88 valence electrons. The quantitative estimate of drug-likeness (QED) is 0.778. The molecule has 0 N–H and O–H groups in total. The van der Waals surface area contributed by atoms with Gasteiger partial charge in [-0.15, -0.1) is 0 Å². The van der Waals surface area contributed by atoms with Crippen LogP contribution in [0.1, 0.15) is 0 Å². The monoisotopic (exact) mass is 330 g/mol. The maximum atomic E-state index is 11.2. The molecule has 0 spiro atoms. The van der Waals surface area contributed by atoms with E-state index in [-0.39, 0.29) is 4.90 Å². The zero-order valence-electron chi connectivity index (χ0n) is 8.60. The highest BCUT2D eigenvalue weighted by atomic mass is 79.9. The highest BCUT2D eigenvalue weighted by Crippen LogP contribution is 2.31. The molecule has 0 atom stereocenters. The summed E-state index contributed by atoms with van der Waals surface area (Å²) in [4.78, 5) is 0.0886. The van der Waals surface area contributed by atoms with Crippen molar-refractivity contribution in [3.05, 3.63) is 53.0 Å². The molecule has 0 heterocycles. The molecule has 5 heteroatoms. The summed E-state index contributed by atoms with van der Waals surface area (Å²) in [6, 6.07) is 14.4. The van der Waals surface area contributed by atoms with Crippen LogP contribution in [0.15, 0.2) is 57.9 Å². The van der Waals surface area contributed by atoms with Crippen molar-refractivity contribution in [2.75, 3.05) is 0 Å². The lowest BCUT2D eigenvalue weighted by molar-refractivity contribution is 0.609. The SMILES string of the molecule is O=S(=O)(Cl)c1ccc(-c2ccccc2)c(Br)c1. The van der Waals surface area contributed by atoms with Crippen LogP contribution in [0, 0.1) is 0 Å². The first kappa shape index (κ1) is 12.6. The Morgan fingerprint density at radius 3 is 2.18 bits per heavy atom. The molecule has 0 radical (unpaired) electrons. The number of hydrogen-bond donors (Lipinski definition) is 0. The van der Waals surface area contributed by atoms with Gasteiger partial charge in [0, 0.05) is 15.2 Å². The molecule has 0 aliphatic heterocycles. The first-order valence-electron chi connectivity index (χ1n) is 4.78. The normalized spacial score (nSPS) is 11.4. The van der Waals surface area contributed by atoms with E-state index in [2.05, 4.69) is 15.9 Å². The molecule has 0 unspecified atom stereocenters. The van der Waals surface area contributed by atoms with Gasteiger partial charge in [-0.3, -0.25) is 0 Å². The van der Waals surface area contributed by atoms with Crippen molar-refractivity contribution in [3.8, 4) is 11.1 Å². The second-order valence-electron chi connectivity index (χ2n) is 3.45. The van der Waals surface area contributed by atoms with Crippen molar-refractivity contribution < 1.29 is 8.42 Å². The van der Waals surface area contributed by atoms with Gasteiger partial charge in [-0.1, -0.05) is 52.3 Å². The topological polar surface area (TPSA) is 34.1 Å². The van der Waals surface area contributed by atoms with Crippen molar-refractivity contribution in [2.45, 2.75) is 4.90 Å². The van der Waals surface area contributed by atoms with Gasteiger partial charge in [0.05, 0.1) is 4.90 Å². The fourth-order valence-electron chi connectivity index (χ4n) is 1.50. The number of rotatable bonds is 2. The summed E-state index contributed by atoms with van der Waals surface area (Å²) in [6.45, 7) is 0. The Kier molecular flexibility index (Phi) is 3.56. The van der Waals surface area contributed by atoms with Crippen LogP contribution in [0.4, 0.5) is 0 Å². The Balaban J connectivity index is 2.54. The summed E-state index contributed by atoms with van der Waals surface area (Å²) >= 11 is 3.35. The first-order chi connectivity index (χ1) is 7.98. The lowest BCUT2D eigenvalue weighted by Gasteiger charge is -2.05. The molecular weight excluding hydrogens is 324 g/mol. The lowest BCUT2D eigenvalue weighted by Crippen LogP contribution is -1.91. The Labute approximate surface area is 113 Å². The minimum Gasteiger partial charge on any atom is -0.207 e. The van der Waals surface area contributed by atoms with Gasteiger partial charge in [-0.05, 0) is 23.3 Å². The molecule has 0 aliphatic carbocycles. The van der Waals surface area contributed by atoms with Crippen molar-refractivity contribution in [1.29, 1.82) is 0 Å². The summed E-state index contributed by atoms with van der Waals surface area (Å²) in [5, 5.41) is 0. The van der Waals surface area contributed by atoms with Gasteiger partial charge in [-0.25, -0.2) is 8.42 Å². The predicted octanol–water partition coefficient (Wildman–Crippen LogP) is 4.04. The van der Waals surface area contributed by atoms with Gasteiger partial charge < -0.3 is 0 Å². The van der Waals surface area contributed by atoms with E-state index in [1.165, 1.54) is 12.1 Å². The third kappa shape index (κ3) is 2.89. The van der Waals surface area contributed by atoms with E-state index in [1.807, 2.05) is 30.3 Å². The lowest BCUT2D eigenvalue weighted by atomic mass is 10.1. The fourth-order valence-corrected chi connectivity index (χ4v) is 3.04. The highest BCUT2D eigenvalue weighted by Gasteiger charge is 2.12. The van der Waals surface area contributed by atoms with E-state index in [9.17, 15) is 8.42 Å². The smallest absolute Gasteiger partial charge is 0.207 e. The molecular formula is C12H8BrClO2S. The molecule has 0 aliphatic rings. The van der Waals surface area contributed by atoms with Crippen LogP contribution in [0.3, 0.4) is 0 Å². The van der Waals surface area contributed by atoms with Gasteiger partial charge in [-0.2, -0.15) is 0 Å². The maximum absolute atomic E-state index is 11.2. The Morgan fingerprint density at radius 2 is 1.65 bits per heavy atom. The standard InChI is InChI=1S/C12H8BrClO2S/c13-12-8-10(17(14,15)16)6-7-11(12)9-4-2-1-3-5-9/h1-8H. The Bertz CT molecular complexity index is 639. The van der Waals surface area contributed by atoms with Crippen LogP contribution in [-0.4, -0.2) is 8.42 Å². The molecule has 0 saturated heterocycles. The van der Waals surface area contributed by atoms with Crippen LogP contribution < -0.4 is 0 Å². The van der Waals surface area contributed by atoms with Gasteiger partial charge >= 0.3 is 0 Å². The summed E-state index contributed by atoms with van der Waals surface area (Å²) in [6.07, 6.45) is 0. The Hall–Kier alpha value is -0.840. The van der Waals surface area contributed by atoms with Crippen LogP contribution in [0.25, 0.3) is 11.1 Å². The van der Waals surface area contributed by atoms with E-state index in [0.717, 1.165) is 11.1 Å². The van der Waals surface area contributed by atoms with Crippen molar-refractivity contribution in [1.82, 2.24) is 0 Å². The van der Waals surface area contributed by atoms with Crippen molar-refractivity contribution >= 4 is 35.7 Å². The van der Waals surface area contributed by atoms with Crippen LogP contribution >= 0.6 is 26.6 Å². The Morgan fingerprint density at radius 1 is 1.00 bits per heavy atom. The van der Waals surface area contributed by atoms with E-state index < -0.39 is 9.05 Å². The third-order valence-corrected chi connectivity index (χ3v) is 4.31. The van der Waals surface area contributed by atoms with Crippen molar-refractivity contribution in [2.24, 2.45) is 0 Å². The minimum atomic E-state index is -3.68. The molecule has 2 aromatic rings. The molecule has 0 aromatic heterocycles.